The molecule has 0 spiro atoms. The average Bonchev–Trinajstić information content (AvgIpc) is 2.48. The highest BCUT2D eigenvalue weighted by Crippen LogP contribution is 2.14. The van der Waals surface area contributed by atoms with Gasteiger partial charge >= 0.3 is 0 Å². The zero-order valence-electron chi connectivity index (χ0n) is 11.2. The van der Waals surface area contributed by atoms with Gasteiger partial charge in [-0.05, 0) is 30.7 Å². The number of para-hydroxylation sites is 2. The van der Waals surface area contributed by atoms with E-state index in [4.69, 9.17) is 5.26 Å². The largest absolute Gasteiger partial charge is 0.375 e. The van der Waals surface area contributed by atoms with Crippen LogP contribution in [-0.2, 0) is 4.79 Å². The Morgan fingerprint density at radius 2 is 1.75 bits per heavy atom. The summed E-state index contributed by atoms with van der Waals surface area (Å²) < 4.78 is 0. The highest BCUT2D eigenvalue weighted by molar-refractivity contribution is 5.94. The summed E-state index contributed by atoms with van der Waals surface area (Å²) in [4.78, 5) is 11.9. The number of nitriles is 1. The molecule has 0 bridgehead atoms. The third-order valence-corrected chi connectivity index (χ3v) is 2.91. The minimum atomic E-state index is -0.146. The zero-order valence-corrected chi connectivity index (χ0v) is 11.2. The topological polar surface area (TPSA) is 64.9 Å². The first-order valence-corrected chi connectivity index (χ1v) is 6.29. The van der Waals surface area contributed by atoms with Gasteiger partial charge in [-0.15, -0.1) is 0 Å². The van der Waals surface area contributed by atoms with E-state index in [1.54, 1.807) is 18.2 Å². The smallest absolute Gasteiger partial charge is 0.243 e. The number of anilines is 2. The number of aryl methyl sites for hydroxylation is 1. The maximum absolute atomic E-state index is 11.9. The molecule has 2 rings (SSSR count). The van der Waals surface area contributed by atoms with Crippen molar-refractivity contribution in [1.29, 1.82) is 5.26 Å². The molecular formula is C16H15N3O. The second-order valence-electron chi connectivity index (χ2n) is 4.37. The summed E-state index contributed by atoms with van der Waals surface area (Å²) in [5.74, 6) is -0.146. The van der Waals surface area contributed by atoms with Gasteiger partial charge < -0.3 is 10.6 Å². The fraction of sp³-hybridized carbons (Fsp3) is 0.125. The molecule has 100 valence electrons. The maximum Gasteiger partial charge on any atom is 0.243 e. The van der Waals surface area contributed by atoms with Crippen LogP contribution in [-0.4, -0.2) is 12.5 Å². The van der Waals surface area contributed by atoms with E-state index in [1.165, 1.54) is 0 Å². The third kappa shape index (κ3) is 3.36. The summed E-state index contributed by atoms with van der Waals surface area (Å²) in [6, 6.07) is 16.8. The summed E-state index contributed by atoms with van der Waals surface area (Å²) >= 11 is 0. The number of hydrogen-bond acceptors (Lipinski definition) is 3. The van der Waals surface area contributed by atoms with Gasteiger partial charge in [-0.25, -0.2) is 0 Å². The number of nitrogens with zero attached hydrogens (tertiary/aromatic N) is 1. The molecule has 4 heteroatoms. The Morgan fingerprint density at radius 1 is 1.10 bits per heavy atom. The maximum atomic E-state index is 11.9. The first kappa shape index (κ1) is 13.6. The van der Waals surface area contributed by atoms with Crippen LogP contribution in [0.4, 0.5) is 11.4 Å². The molecule has 0 saturated carbocycles. The lowest BCUT2D eigenvalue weighted by molar-refractivity contribution is -0.114. The Kier molecular flexibility index (Phi) is 4.35. The first-order valence-electron chi connectivity index (χ1n) is 6.29. The number of carbonyl (C=O) groups is 1. The van der Waals surface area contributed by atoms with Gasteiger partial charge in [0.15, 0.2) is 0 Å². The molecule has 0 radical (unpaired) electrons. The van der Waals surface area contributed by atoms with Crippen LogP contribution in [0.15, 0.2) is 48.5 Å². The Labute approximate surface area is 118 Å². The van der Waals surface area contributed by atoms with Crippen LogP contribution in [0.3, 0.4) is 0 Å². The number of benzene rings is 2. The molecule has 20 heavy (non-hydrogen) atoms. The van der Waals surface area contributed by atoms with Crippen LogP contribution in [0, 0.1) is 18.3 Å². The zero-order chi connectivity index (χ0) is 14.4. The average molecular weight is 265 g/mol. The van der Waals surface area contributed by atoms with Crippen LogP contribution in [0.1, 0.15) is 11.1 Å². The van der Waals surface area contributed by atoms with Crippen molar-refractivity contribution in [2.45, 2.75) is 6.92 Å². The van der Waals surface area contributed by atoms with Crippen molar-refractivity contribution in [3.63, 3.8) is 0 Å². The molecule has 0 aliphatic rings. The summed E-state index contributed by atoms with van der Waals surface area (Å²) in [6.45, 7) is 2.06. The molecule has 2 aromatic rings. The summed E-state index contributed by atoms with van der Waals surface area (Å²) in [5.41, 5.74) is 3.00. The standard InChI is InChI=1S/C16H15N3O/c1-12-6-2-4-8-14(12)19-16(20)11-18-15-9-5-3-7-13(15)10-17/h2-9,18H,11H2,1H3,(H,19,20). The van der Waals surface area contributed by atoms with Gasteiger partial charge in [0.2, 0.25) is 5.91 Å². The van der Waals surface area contributed by atoms with Crippen molar-refractivity contribution in [2.75, 3.05) is 17.2 Å². The molecule has 0 aliphatic heterocycles. The van der Waals surface area contributed by atoms with E-state index in [0.29, 0.717) is 11.3 Å². The fourth-order valence-electron chi connectivity index (χ4n) is 1.82. The Morgan fingerprint density at radius 3 is 2.45 bits per heavy atom. The highest BCUT2D eigenvalue weighted by atomic mass is 16.1. The van der Waals surface area contributed by atoms with Gasteiger partial charge in [0, 0.05) is 5.69 Å². The Bertz CT molecular complexity index is 659. The van der Waals surface area contributed by atoms with Crippen LogP contribution in [0.5, 0.6) is 0 Å². The minimum absolute atomic E-state index is 0.118. The third-order valence-electron chi connectivity index (χ3n) is 2.91. The lowest BCUT2D eigenvalue weighted by Crippen LogP contribution is -2.22. The van der Waals surface area contributed by atoms with Gasteiger partial charge in [-0.2, -0.15) is 5.26 Å². The number of hydrogen-bond donors (Lipinski definition) is 2. The van der Waals surface area contributed by atoms with Gasteiger partial charge in [0.25, 0.3) is 0 Å². The van der Waals surface area contributed by atoms with E-state index in [2.05, 4.69) is 16.7 Å². The van der Waals surface area contributed by atoms with Crippen molar-refractivity contribution >= 4 is 17.3 Å². The molecule has 0 atom stereocenters. The second kappa shape index (κ2) is 6.39. The summed E-state index contributed by atoms with van der Waals surface area (Å²) in [7, 11) is 0. The molecule has 0 fully saturated rings. The molecule has 2 N–H and O–H groups in total. The van der Waals surface area contributed by atoms with Crippen LogP contribution in [0.25, 0.3) is 0 Å². The predicted molar refractivity (Wildman–Crippen MR) is 79.5 cm³/mol. The van der Waals surface area contributed by atoms with E-state index >= 15 is 0 Å². The lowest BCUT2D eigenvalue weighted by Gasteiger charge is -2.10. The minimum Gasteiger partial charge on any atom is -0.375 e. The Hall–Kier alpha value is -2.80. The summed E-state index contributed by atoms with van der Waals surface area (Å²) in [6.07, 6.45) is 0. The molecule has 1 amide bonds. The van der Waals surface area contributed by atoms with E-state index in [9.17, 15) is 4.79 Å². The normalized spacial score (nSPS) is 9.60. The number of rotatable bonds is 4. The number of amides is 1. The quantitative estimate of drug-likeness (QED) is 0.893. The van der Waals surface area contributed by atoms with Crippen molar-refractivity contribution in [3.05, 3.63) is 59.7 Å². The van der Waals surface area contributed by atoms with E-state index in [-0.39, 0.29) is 12.5 Å². The molecular weight excluding hydrogens is 250 g/mol. The predicted octanol–water partition coefficient (Wildman–Crippen LogP) is 2.92. The summed E-state index contributed by atoms with van der Waals surface area (Å²) in [5, 5.41) is 14.8. The van der Waals surface area contributed by atoms with Gasteiger partial charge in [-0.1, -0.05) is 30.3 Å². The number of nitrogens with one attached hydrogen (secondary N) is 2. The lowest BCUT2D eigenvalue weighted by atomic mass is 10.2. The van der Waals surface area contributed by atoms with Crippen molar-refractivity contribution in [2.24, 2.45) is 0 Å². The van der Waals surface area contributed by atoms with Crippen molar-refractivity contribution in [1.82, 2.24) is 0 Å². The molecule has 0 unspecified atom stereocenters. The Balaban J connectivity index is 1.96. The van der Waals surface area contributed by atoms with E-state index in [1.807, 2.05) is 37.3 Å². The second-order valence-corrected chi connectivity index (χ2v) is 4.37. The van der Waals surface area contributed by atoms with E-state index < -0.39 is 0 Å². The van der Waals surface area contributed by atoms with Gasteiger partial charge in [-0.3, -0.25) is 4.79 Å². The van der Waals surface area contributed by atoms with Gasteiger partial charge in [0.1, 0.15) is 6.07 Å². The van der Waals surface area contributed by atoms with Crippen molar-refractivity contribution in [3.8, 4) is 6.07 Å². The monoisotopic (exact) mass is 265 g/mol. The van der Waals surface area contributed by atoms with Crippen LogP contribution < -0.4 is 10.6 Å². The van der Waals surface area contributed by atoms with Crippen molar-refractivity contribution < 1.29 is 4.79 Å². The number of carbonyl (C=O) groups excluding carboxylic acids is 1. The van der Waals surface area contributed by atoms with Gasteiger partial charge in [0.05, 0.1) is 17.8 Å². The molecule has 4 nitrogen and oxygen atoms in total. The SMILES string of the molecule is Cc1ccccc1NC(=O)CNc1ccccc1C#N. The first-order chi connectivity index (χ1) is 9.70. The molecule has 0 aromatic heterocycles. The fourth-order valence-corrected chi connectivity index (χ4v) is 1.82. The van der Waals surface area contributed by atoms with Crippen LogP contribution >= 0.6 is 0 Å². The van der Waals surface area contributed by atoms with E-state index in [0.717, 1.165) is 11.3 Å². The van der Waals surface area contributed by atoms with Crippen LogP contribution in [0.2, 0.25) is 0 Å². The molecule has 0 saturated heterocycles. The highest BCUT2D eigenvalue weighted by Gasteiger charge is 2.05. The molecule has 2 aromatic carbocycles. The molecule has 0 aliphatic carbocycles. The molecule has 0 heterocycles.